The van der Waals surface area contributed by atoms with E-state index in [1.54, 1.807) is 54.6 Å². The highest BCUT2D eigenvalue weighted by Crippen LogP contribution is 2.23. The van der Waals surface area contributed by atoms with Crippen LogP contribution in [0.2, 0.25) is 0 Å². The molecule has 1 aliphatic heterocycles. The molecule has 7 nitrogen and oxygen atoms in total. The highest BCUT2D eigenvalue weighted by molar-refractivity contribution is 6.12. The molecule has 0 saturated carbocycles. The number of nitrogens with two attached hydrogens (primary N) is 1. The van der Waals surface area contributed by atoms with Gasteiger partial charge in [0.25, 0.3) is 11.8 Å². The SMILES string of the molecule is Cc1ccc(NC(=O)c2ccc(CNC(=O)/C=C3\NC(=O)c4ccccc43)cc2)c(N)c1. The molecule has 1 aliphatic rings. The zero-order valence-electron chi connectivity index (χ0n) is 17.4. The number of hydrogen-bond acceptors (Lipinski definition) is 4. The molecule has 0 aliphatic carbocycles. The van der Waals surface area contributed by atoms with Crippen molar-refractivity contribution in [2.45, 2.75) is 13.5 Å². The molecule has 7 heteroatoms. The number of aryl methyl sites for hydroxylation is 1. The third-order valence-corrected chi connectivity index (χ3v) is 5.12. The van der Waals surface area contributed by atoms with Crippen LogP contribution in [0, 0.1) is 6.92 Å². The smallest absolute Gasteiger partial charge is 0.256 e. The minimum atomic E-state index is -0.325. The molecule has 32 heavy (non-hydrogen) atoms. The van der Waals surface area contributed by atoms with E-state index in [9.17, 15) is 14.4 Å². The number of rotatable bonds is 5. The minimum Gasteiger partial charge on any atom is -0.397 e. The molecule has 0 radical (unpaired) electrons. The maximum atomic E-state index is 12.5. The maximum Gasteiger partial charge on any atom is 0.256 e. The Kier molecular flexibility index (Phi) is 5.72. The highest BCUT2D eigenvalue weighted by Gasteiger charge is 2.23. The Labute approximate surface area is 185 Å². The summed E-state index contributed by atoms with van der Waals surface area (Å²) in [5.74, 6) is -0.814. The summed E-state index contributed by atoms with van der Waals surface area (Å²) in [6.45, 7) is 2.21. The molecule has 160 valence electrons. The summed E-state index contributed by atoms with van der Waals surface area (Å²) in [6, 6.07) is 19.5. The maximum absolute atomic E-state index is 12.5. The van der Waals surface area contributed by atoms with Crippen LogP contribution in [0.3, 0.4) is 0 Å². The molecule has 0 unspecified atom stereocenters. The third-order valence-electron chi connectivity index (χ3n) is 5.12. The molecule has 0 bridgehead atoms. The summed E-state index contributed by atoms with van der Waals surface area (Å²) >= 11 is 0. The van der Waals surface area contributed by atoms with E-state index in [4.69, 9.17) is 5.73 Å². The second-order valence-electron chi connectivity index (χ2n) is 7.52. The van der Waals surface area contributed by atoms with E-state index in [1.807, 2.05) is 19.1 Å². The highest BCUT2D eigenvalue weighted by atomic mass is 16.2. The molecule has 3 aromatic rings. The van der Waals surface area contributed by atoms with Gasteiger partial charge in [-0.25, -0.2) is 0 Å². The first-order chi connectivity index (χ1) is 15.4. The molecule has 3 aromatic carbocycles. The number of nitrogens with one attached hydrogen (secondary N) is 3. The van der Waals surface area contributed by atoms with E-state index in [1.165, 1.54) is 6.08 Å². The lowest BCUT2D eigenvalue weighted by Crippen LogP contribution is -2.22. The van der Waals surface area contributed by atoms with Crippen LogP contribution in [0.5, 0.6) is 0 Å². The van der Waals surface area contributed by atoms with Crippen molar-refractivity contribution < 1.29 is 14.4 Å². The van der Waals surface area contributed by atoms with Crippen LogP contribution in [0.25, 0.3) is 5.70 Å². The van der Waals surface area contributed by atoms with Gasteiger partial charge in [0.1, 0.15) is 0 Å². The number of hydrogen-bond donors (Lipinski definition) is 4. The zero-order chi connectivity index (χ0) is 22.7. The summed E-state index contributed by atoms with van der Waals surface area (Å²) in [7, 11) is 0. The van der Waals surface area contributed by atoms with Gasteiger partial charge in [-0.15, -0.1) is 0 Å². The summed E-state index contributed by atoms with van der Waals surface area (Å²) in [5.41, 5.74) is 11.1. The molecular weight excluding hydrogens is 404 g/mol. The van der Waals surface area contributed by atoms with Crippen molar-refractivity contribution in [2.24, 2.45) is 0 Å². The molecule has 3 amide bonds. The van der Waals surface area contributed by atoms with E-state index < -0.39 is 0 Å². The standard InChI is InChI=1S/C25H22N4O3/c1-15-6-11-21(20(26)12-15)28-24(31)17-9-7-16(8-10-17)14-27-23(30)13-22-18-4-2-3-5-19(18)25(32)29-22/h2-13H,14,26H2,1H3,(H,27,30)(H,28,31)(H,29,32)/b22-13-. The number of nitrogen functional groups attached to an aromatic ring is 1. The number of amides is 3. The van der Waals surface area contributed by atoms with Gasteiger partial charge in [0.05, 0.1) is 17.1 Å². The average Bonchev–Trinajstić information content (AvgIpc) is 3.10. The van der Waals surface area contributed by atoms with Crippen LogP contribution in [-0.2, 0) is 11.3 Å². The van der Waals surface area contributed by atoms with E-state index in [0.717, 1.165) is 11.1 Å². The van der Waals surface area contributed by atoms with Crippen LogP contribution < -0.4 is 21.7 Å². The fraction of sp³-hybridized carbons (Fsp3) is 0.0800. The molecule has 0 spiro atoms. The van der Waals surface area contributed by atoms with Gasteiger partial charge in [-0.2, -0.15) is 0 Å². The van der Waals surface area contributed by atoms with Gasteiger partial charge in [-0.3, -0.25) is 14.4 Å². The first kappa shape index (κ1) is 20.9. The van der Waals surface area contributed by atoms with Crippen LogP contribution in [0.1, 0.15) is 37.4 Å². The second kappa shape index (κ2) is 8.77. The fourth-order valence-electron chi connectivity index (χ4n) is 3.42. The summed E-state index contributed by atoms with van der Waals surface area (Å²) in [5, 5.41) is 8.29. The lowest BCUT2D eigenvalue weighted by molar-refractivity contribution is -0.116. The van der Waals surface area contributed by atoms with Gasteiger partial charge in [0.15, 0.2) is 0 Å². The first-order valence-corrected chi connectivity index (χ1v) is 10.1. The number of anilines is 2. The van der Waals surface area contributed by atoms with Crippen LogP contribution in [0.4, 0.5) is 11.4 Å². The molecule has 0 fully saturated rings. The molecule has 1 heterocycles. The molecule has 0 saturated heterocycles. The Morgan fingerprint density at radius 1 is 1.00 bits per heavy atom. The number of fused-ring (bicyclic) bond motifs is 1. The van der Waals surface area contributed by atoms with Crippen molar-refractivity contribution in [3.05, 3.63) is 101 Å². The number of benzene rings is 3. The predicted molar refractivity (Wildman–Crippen MR) is 124 cm³/mol. The predicted octanol–water partition coefficient (Wildman–Crippen LogP) is 3.23. The fourth-order valence-corrected chi connectivity index (χ4v) is 3.42. The van der Waals surface area contributed by atoms with E-state index in [2.05, 4.69) is 16.0 Å². The first-order valence-electron chi connectivity index (χ1n) is 10.1. The Bertz CT molecular complexity index is 1250. The van der Waals surface area contributed by atoms with Crippen molar-refractivity contribution in [3.8, 4) is 0 Å². The Balaban J connectivity index is 1.35. The lowest BCUT2D eigenvalue weighted by Gasteiger charge is -2.09. The van der Waals surface area contributed by atoms with Crippen molar-refractivity contribution >= 4 is 34.8 Å². The Morgan fingerprint density at radius 2 is 1.72 bits per heavy atom. The summed E-state index contributed by atoms with van der Waals surface area (Å²) in [4.78, 5) is 36.7. The molecular formula is C25H22N4O3. The monoisotopic (exact) mass is 426 g/mol. The quantitative estimate of drug-likeness (QED) is 0.370. The van der Waals surface area contributed by atoms with Gasteiger partial charge in [-0.1, -0.05) is 36.4 Å². The van der Waals surface area contributed by atoms with Gasteiger partial charge in [-0.05, 0) is 48.4 Å². The topological polar surface area (TPSA) is 113 Å². The molecule has 0 atom stereocenters. The third kappa shape index (κ3) is 4.52. The molecule has 5 N–H and O–H groups in total. The van der Waals surface area contributed by atoms with E-state index in [-0.39, 0.29) is 24.3 Å². The summed E-state index contributed by atoms with van der Waals surface area (Å²) in [6.07, 6.45) is 1.37. The van der Waals surface area contributed by atoms with E-state index >= 15 is 0 Å². The van der Waals surface area contributed by atoms with Crippen molar-refractivity contribution in [1.29, 1.82) is 0 Å². The van der Waals surface area contributed by atoms with Gasteiger partial charge in [0.2, 0.25) is 5.91 Å². The molecule has 4 rings (SSSR count). The van der Waals surface area contributed by atoms with E-state index in [0.29, 0.717) is 33.8 Å². The second-order valence-corrected chi connectivity index (χ2v) is 7.52. The van der Waals surface area contributed by atoms with Gasteiger partial charge in [0, 0.05) is 29.3 Å². The number of carbonyl (C=O) groups is 3. The van der Waals surface area contributed by atoms with Gasteiger partial charge < -0.3 is 21.7 Å². The summed E-state index contributed by atoms with van der Waals surface area (Å²) < 4.78 is 0. The van der Waals surface area contributed by atoms with Crippen LogP contribution in [0.15, 0.2) is 72.8 Å². The Morgan fingerprint density at radius 3 is 2.44 bits per heavy atom. The largest absolute Gasteiger partial charge is 0.397 e. The minimum absolute atomic E-state index is 0.221. The van der Waals surface area contributed by atoms with Crippen LogP contribution in [-0.4, -0.2) is 17.7 Å². The zero-order valence-corrected chi connectivity index (χ0v) is 17.4. The van der Waals surface area contributed by atoms with Crippen molar-refractivity contribution in [2.75, 3.05) is 11.1 Å². The molecule has 0 aromatic heterocycles. The number of carbonyl (C=O) groups excluding carboxylic acids is 3. The average molecular weight is 426 g/mol. The van der Waals surface area contributed by atoms with Gasteiger partial charge >= 0.3 is 0 Å². The van der Waals surface area contributed by atoms with Crippen molar-refractivity contribution in [3.63, 3.8) is 0 Å². The lowest BCUT2D eigenvalue weighted by atomic mass is 10.1. The Hall–Kier alpha value is -4.39. The van der Waals surface area contributed by atoms with Crippen LogP contribution >= 0.6 is 0 Å². The van der Waals surface area contributed by atoms with Crippen molar-refractivity contribution in [1.82, 2.24) is 10.6 Å². The normalized spacial score (nSPS) is 13.4.